The van der Waals surface area contributed by atoms with E-state index in [2.05, 4.69) is 36.4 Å². The molecule has 112 valence electrons. The molecule has 1 heterocycles. The van der Waals surface area contributed by atoms with Crippen LogP contribution in [0.4, 0.5) is 0 Å². The number of hydrogen-bond donors (Lipinski definition) is 2. The van der Waals surface area contributed by atoms with Crippen LogP contribution in [0.5, 0.6) is 0 Å². The molecule has 0 aromatic carbocycles. The fourth-order valence-corrected chi connectivity index (χ4v) is 2.18. The fourth-order valence-electron chi connectivity index (χ4n) is 1.51. The summed E-state index contributed by atoms with van der Waals surface area (Å²) in [6.45, 7) is 8.79. The summed E-state index contributed by atoms with van der Waals surface area (Å²) in [5, 5.41) is 6.28. The Morgan fingerprint density at radius 3 is 2.80 bits per heavy atom. The number of pyridine rings is 1. The van der Waals surface area contributed by atoms with Crippen molar-refractivity contribution < 1.29 is 4.79 Å². The second-order valence-corrected chi connectivity index (χ2v) is 7.44. The zero-order valence-corrected chi connectivity index (χ0v) is 13.4. The third-order valence-corrected chi connectivity index (χ3v) is 3.81. The van der Waals surface area contributed by atoms with E-state index in [9.17, 15) is 4.79 Å². The molecule has 2 N–H and O–H groups in total. The largest absolute Gasteiger partial charge is 0.355 e. The molecule has 0 saturated carbocycles. The van der Waals surface area contributed by atoms with Crippen LogP contribution in [0.1, 0.15) is 32.8 Å². The summed E-state index contributed by atoms with van der Waals surface area (Å²) >= 11 is 1.67. The van der Waals surface area contributed by atoms with Gasteiger partial charge < -0.3 is 10.6 Å². The second kappa shape index (κ2) is 8.97. The van der Waals surface area contributed by atoms with Gasteiger partial charge in [0.15, 0.2) is 0 Å². The lowest BCUT2D eigenvalue weighted by Gasteiger charge is -2.16. The molecule has 1 amide bonds. The van der Waals surface area contributed by atoms with E-state index in [-0.39, 0.29) is 10.7 Å². The topological polar surface area (TPSA) is 54.0 Å². The van der Waals surface area contributed by atoms with Crippen molar-refractivity contribution >= 4 is 17.7 Å². The number of rotatable bonds is 8. The van der Waals surface area contributed by atoms with Gasteiger partial charge in [-0.05, 0) is 24.6 Å². The third kappa shape index (κ3) is 8.93. The molecule has 0 spiro atoms. The Hall–Kier alpha value is -1.07. The SMILES string of the molecule is CC(C)(C)SCC(=O)NCCCNCc1cccnc1. The first-order valence-corrected chi connectivity index (χ1v) is 7.96. The van der Waals surface area contributed by atoms with Gasteiger partial charge in [0.05, 0.1) is 5.75 Å². The van der Waals surface area contributed by atoms with Crippen LogP contribution in [0.2, 0.25) is 0 Å². The highest BCUT2D eigenvalue weighted by atomic mass is 32.2. The van der Waals surface area contributed by atoms with Crippen molar-refractivity contribution in [2.45, 2.75) is 38.5 Å². The standard InChI is InChI=1S/C15H25N3OS/c1-15(2,3)20-12-14(19)18-9-5-8-17-11-13-6-4-7-16-10-13/h4,6-7,10,17H,5,8-9,11-12H2,1-3H3,(H,18,19). The van der Waals surface area contributed by atoms with Crippen molar-refractivity contribution in [1.29, 1.82) is 0 Å². The highest BCUT2D eigenvalue weighted by Crippen LogP contribution is 2.22. The summed E-state index contributed by atoms with van der Waals surface area (Å²) in [6, 6.07) is 3.98. The normalized spacial score (nSPS) is 11.3. The first-order chi connectivity index (χ1) is 9.47. The van der Waals surface area contributed by atoms with Crippen LogP contribution in [0.3, 0.4) is 0 Å². The maximum atomic E-state index is 11.6. The minimum Gasteiger partial charge on any atom is -0.355 e. The summed E-state index contributed by atoms with van der Waals surface area (Å²) in [5.41, 5.74) is 1.18. The molecule has 20 heavy (non-hydrogen) atoms. The van der Waals surface area contributed by atoms with E-state index in [1.807, 2.05) is 18.3 Å². The molecule has 0 saturated heterocycles. The van der Waals surface area contributed by atoms with Gasteiger partial charge in [0, 0.05) is 30.2 Å². The number of hydrogen-bond acceptors (Lipinski definition) is 4. The van der Waals surface area contributed by atoms with Crippen LogP contribution in [-0.2, 0) is 11.3 Å². The molecule has 0 aliphatic heterocycles. The van der Waals surface area contributed by atoms with Gasteiger partial charge in [-0.3, -0.25) is 9.78 Å². The molecule has 5 heteroatoms. The third-order valence-electron chi connectivity index (χ3n) is 2.54. The van der Waals surface area contributed by atoms with Crippen LogP contribution in [0.15, 0.2) is 24.5 Å². The molecule has 1 aromatic rings. The quantitative estimate of drug-likeness (QED) is 0.722. The van der Waals surface area contributed by atoms with Crippen LogP contribution in [-0.4, -0.2) is 34.5 Å². The van der Waals surface area contributed by atoms with Crippen LogP contribution >= 0.6 is 11.8 Å². The Bertz CT molecular complexity index is 390. The highest BCUT2D eigenvalue weighted by molar-refractivity contribution is 8.01. The Morgan fingerprint density at radius 1 is 1.35 bits per heavy atom. The minimum atomic E-state index is 0.122. The summed E-state index contributed by atoms with van der Waals surface area (Å²) in [6.07, 6.45) is 4.57. The lowest BCUT2D eigenvalue weighted by molar-refractivity contribution is -0.118. The number of aromatic nitrogens is 1. The predicted molar refractivity (Wildman–Crippen MR) is 85.8 cm³/mol. The van der Waals surface area contributed by atoms with Crippen molar-refractivity contribution in [3.05, 3.63) is 30.1 Å². The average Bonchev–Trinajstić information content (AvgIpc) is 2.41. The van der Waals surface area contributed by atoms with Crippen LogP contribution in [0, 0.1) is 0 Å². The van der Waals surface area contributed by atoms with E-state index in [0.29, 0.717) is 5.75 Å². The zero-order chi connectivity index (χ0) is 14.8. The molecule has 0 unspecified atom stereocenters. The number of amides is 1. The van der Waals surface area contributed by atoms with E-state index in [4.69, 9.17) is 0 Å². The van der Waals surface area contributed by atoms with E-state index < -0.39 is 0 Å². The second-order valence-electron chi connectivity index (χ2n) is 5.64. The molecular weight excluding hydrogens is 270 g/mol. The predicted octanol–water partition coefficient (Wildman–Crippen LogP) is 2.21. The molecule has 0 aliphatic rings. The van der Waals surface area contributed by atoms with E-state index in [1.165, 1.54) is 5.56 Å². The minimum absolute atomic E-state index is 0.122. The smallest absolute Gasteiger partial charge is 0.230 e. The van der Waals surface area contributed by atoms with Crippen molar-refractivity contribution in [2.75, 3.05) is 18.8 Å². The van der Waals surface area contributed by atoms with Gasteiger partial charge in [-0.25, -0.2) is 0 Å². The van der Waals surface area contributed by atoms with Gasteiger partial charge in [0.1, 0.15) is 0 Å². The van der Waals surface area contributed by atoms with Crippen molar-refractivity contribution in [2.24, 2.45) is 0 Å². The Balaban J connectivity index is 1.98. The lowest BCUT2D eigenvalue weighted by Crippen LogP contribution is -2.29. The van der Waals surface area contributed by atoms with Gasteiger partial charge in [-0.1, -0.05) is 26.8 Å². The van der Waals surface area contributed by atoms with Gasteiger partial charge in [0.2, 0.25) is 5.91 Å². The number of thioether (sulfide) groups is 1. The van der Waals surface area contributed by atoms with Gasteiger partial charge in [-0.15, -0.1) is 11.8 Å². The van der Waals surface area contributed by atoms with Crippen molar-refractivity contribution in [3.63, 3.8) is 0 Å². The molecule has 1 aromatic heterocycles. The number of carbonyl (C=O) groups is 1. The maximum absolute atomic E-state index is 11.6. The molecule has 0 atom stereocenters. The fraction of sp³-hybridized carbons (Fsp3) is 0.600. The summed E-state index contributed by atoms with van der Waals surface area (Å²) in [7, 11) is 0. The first kappa shape index (κ1) is 17.0. The number of nitrogens with zero attached hydrogens (tertiary/aromatic N) is 1. The molecule has 1 rings (SSSR count). The summed E-state index contributed by atoms with van der Waals surface area (Å²) < 4.78 is 0.141. The van der Waals surface area contributed by atoms with Crippen molar-refractivity contribution in [1.82, 2.24) is 15.6 Å². The van der Waals surface area contributed by atoms with Gasteiger partial charge >= 0.3 is 0 Å². The highest BCUT2D eigenvalue weighted by Gasteiger charge is 2.12. The molecule has 0 radical (unpaired) electrons. The molecule has 0 bridgehead atoms. The van der Waals surface area contributed by atoms with Gasteiger partial charge in [-0.2, -0.15) is 0 Å². The average molecular weight is 295 g/mol. The van der Waals surface area contributed by atoms with E-state index in [0.717, 1.165) is 26.1 Å². The first-order valence-electron chi connectivity index (χ1n) is 6.98. The van der Waals surface area contributed by atoms with Gasteiger partial charge in [0.25, 0.3) is 0 Å². The monoisotopic (exact) mass is 295 g/mol. The van der Waals surface area contributed by atoms with Crippen molar-refractivity contribution in [3.8, 4) is 0 Å². The summed E-state index contributed by atoms with van der Waals surface area (Å²) in [5.74, 6) is 0.657. The molecule has 0 fully saturated rings. The van der Waals surface area contributed by atoms with E-state index in [1.54, 1.807) is 18.0 Å². The number of carbonyl (C=O) groups excluding carboxylic acids is 1. The molecule has 0 aliphatic carbocycles. The summed E-state index contributed by atoms with van der Waals surface area (Å²) in [4.78, 5) is 15.6. The van der Waals surface area contributed by atoms with E-state index >= 15 is 0 Å². The lowest BCUT2D eigenvalue weighted by atomic mass is 10.3. The maximum Gasteiger partial charge on any atom is 0.230 e. The Kier molecular flexibility index (Phi) is 7.62. The van der Waals surface area contributed by atoms with Crippen LogP contribution < -0.4 is 10.6 Å². The Labute approximate surface area is 126 Å². The Morgan fingerprint density at radius 2 is 2.15 bits per heavy atom. The zero-order valence-electron chi connectivity index (χ0n) is 12.6. The molecule has 4 nitrogen and oxygen atoms in total. The number of nitrogens with one attached hydrogen (secondary N) is 2. The molecular formula is C15H25N3OS. The van der Waals surface area contributed by atoms with Crippen LogP contribution in [0.25, 0.3) is 0 Å².